The van der Waals surface area contributed by atoms with E-state index in [1.807, 2.05) is 38.1 Å². The van der Waals surface area contributed by atoms with Crippen molar-refractivity contribution in [3.8, 4) is 11.4 Å². The molecule has 0 saturated heterocycles. The molecule has 0 saturated carbocycles. The van der Waals surface area contributed by atoms with E-state index >= 15 is 0 Å². The molecule has 3 rings (SSSR count). The van der Waals surface area contributed by atoms with Crippen molar-refractivity contribution < 1.29 is 9.53 Å². The molecule has 1 N–H and O–H groups in total. The van der Waals surface area contributed by atoms with Crippen LogP contribution in [-0.2, 0) is 6.54 Å². The fourth-order valence-electron chi connectivity index (χ4n) is 2.34. The van der Waals surface area contributed by atoms with Crippen molar-refractivity contribution in [2.45, 2.75) is 26.5 Å². The number of halogens is 1. The first kappa shape index (κ1) is 18.1. The van der Waals surface area contributed by atoms with Gasteiger partial charge in [0.2, 0.25) is 0 Å². The number of nitrogens with one attached hydrogen (secondary N) is 1. The van der Waals surface area contributed by atoms with Crippen molar-refractivity contribution in [2.75, 3.05) is 0 Å². The van der Waals surface area contributed by atoms with Gasteiger partial charge < -0.3 is 10.1 Å². The fraction of sp³-hybridized carbons (Fsp3) is 0.222. The number of aromatic nitrogens is 4. The molecule has 8 heteroatoms. The summed E-state index contributed by atoms with van der Waals surface area (Å²) in [5.74, 6) is 1.07. The molecule has 1 aromatic heterocycles. The van der Waals surface area contributed by atoms with E-state index in [2.05, 4.69) is 36.8 Å². The van der Waals surface area contributed by atoms with Gasteiger partial charge in [-0.3, -0.25) is 4.79 Å². The van der Waals surface area contributed by atoms with Gasteiger partial charge in [-0.05, 0) is 66.7 Å². The second-order valence-electron chi connectivity index (χ2n) is 5.86. The predicted molar refractivity (Wildman–Crippen MR) is 100 cm³/mol. The third-order valence-electron chi connectivity index (χ3n) is 3.48. The summed E-state index contributed by atoms with van der Waals surface area (Å²) in [6.07, 6.45) is 0.0894. The number of hydrogen-bond acceptors (Lipinski definition) is 5. The van der Waals surface area contributed by atoms with E-state index in [-0.39, 0.29) is 18.6 Å². The molecular formula is C18H18BrN5O2. The Morgan fingerprint density at radius 3 is 2.69 bits per heavy atom. The Hall–Kier alpha value is -2.74. The maximum atomic E-state index is 12.3. The van der Waals surface area contributed by atoms with Crippen LogP contribution in [0.25, 0.3) is 5.69 Å². The lowest BCUT2D eigenvalue weighted by atomic mass is 10.2. The summed E-state index contributed by atoms with van der Waals surface area (Å²) in [7, 11) is 0. The molecule has 0 fully saturated rings. The Labute approximate surface area is 159 Å². The van der Waals surface area contributed by atoms with Crippen LogP contribution in [0.15, 0.2) is 53.0 Å². The molecule has 0 aliphatic carbocycles. The van der Waals surface area contributed by atoms with Crippen LogP contribution < -0.4 is 10.1 Å². The van der Waals surface area contributed by atoms with E-state index in [1.165, 1.54) is 0 Å². The summed E-state index contributed by atoms with van der Waals surface area (Å²) in [6.45, 7) is 4.12. The average Bonchev–Trinajstić information content (AvgIpc) is 3.08. The van der Waals surface area contributed by atoms with Gasteiger partial charge in [0, 0.05) is 10.0 Å². The Kier molecular flexibility index (Phi) is 5.62. The van der Waals surface area contributed by atoms with Crippen molar-refractivity contribution >= 4 is 21.8 Å². The topological polar surface area (TPSA) is 81.9 Å². The molecule has 0 spiro atoms. The van der Waals surface area contributed by atoms with Crippen LogP contribution in [0.2, 0.25) is 0 Å². The third-order valence-corrected chi connectivity index (χ3v) is 3.98. The van der Waals surface area contributed by atoms with Gasteiger partial charge in [-0.25, -0.2) is 0 Å². The molecule has 0 atom stereocenters. The highest BCUT2D eigenvalue weighted by molar-refractivity contribution is 9.10. The zero-order valence-electron chi connectivity index (χ0n) is 14.4. The van der Waals surface area contributed by atoms with E-state index in [0.717, 1.165) is 15.9 Å². The minimum absolute atomic E-state index is 0.0894. The minimum atomic E-state index is -0.204. The number of carbonyl (C=O) groups excluding carboxylic acids is 1. The van der Waals surface area contributed by atoms with Gasteiger partial charge in [0.05, 0.1) is 18.3 Å². The lowest BCUT2D eigenvalue weighted by Gasteiger charge is -2.10. The van der Waals surface area contributed by atoms with Crippen molar-refractivity contribution in [3.63, 3.8) is 0 Å². The van der Waals surface area contributed by atoms with Gasteiger partial charge in [-0.1, -0.05) is 22.0 Å². The number of nitrogens with zero attached hydrogens (tertiary/aromatic N) is 4. The van der Waals surface area contributed by atoms with Gasteiger partial charge in [0.15, 0.2) is 5.82 Å². The van der Waals surface area contributed by atoms with Crippen molar-refractivity contribution in [1.29, 1.82) is 0 Å². The highest BCUT2D eigenvalue weighted by atomic mass is 79.9. The van der Waals surface area contributed by atoms with Crippen LogP contribution in [0.3, 0.4) is 0 Å². The summed E-state index contributed by atoms with van der Waals surface area (Å²) >= 11 is 3.42. The van der Waals surface area contributed by atoms with Crippen LogP contribution in [-0.4, -0.2) is 32.2 Å². The van der Waals surface area contributed by atoms with E-state index in [1.54, 1.807) is 28.9 Å². The van der Waals surface area contributed by atoms with Crippen LogP contribution >= 0.6 is 15.9 Å². The fourth-order valence-corrected chi connectivity index (χ4v) is 2.73. The highest BCUT2D eigenvalue weighted by Crippen LogP contribution is 2.16. The SMILES string of the molecule is CC(C)Oc1ccc(C(=O)NCc2nnnn2-c2cccc(Br)c2)cc1. The molecule has 0 aliphatic rings. The molecule has 26 heavy (non-hydrogen) atoms. The lowest BCUT2D eigenvalue weighted by Crippen LogP contribution is -2.24. The van der Waals surface area contributed by atoms with Crippen molar-refractivity contribution in [1.82, 2.24) is 25.5 Å². The molecule has 0 radical (unpaired) electrons. The second-order valence-corrected chi connectivity index (χ2v) is 6.78. The van der Waals surface area contributed by atoms with Gasteiger partial charge in [-0.2, -0.15) is 4.68 Å². The van der Waals surface area contributed by atoms with Gasteiger partial charge >= 0.3 is 0 Å². The van der Waals surface area contributed by atoms with Crippen LogP contribution in [0.5, 0.6) is 5.75 Å². The number of rotatable bonds is 6. The molecule has 1 heterocycles. The first-order valence-corrected chi connectivity index (χ1v) is 8.90. The van der Waals surface area contributed by atoms with E-state index in [0.29, 0.717) is 11.4 Å². The molecule has 7 nitrogen and oxygen atoms in total. The van der Waals surface area contributed by atoms with Gasteiger partial charge in [0.25, 0.3) is 5.91 Å². The second kappa shape index (κ2) is 8.09. The third kappa shape index (κ3) is 4.45. The molecule has 0 unspecified atom stereocenters. The summed E-state index contributed by atoms with van der Waals surface area (Å²) in [5, 5.41) is 14.5. The maximum Gasteiger partial charge on any atom is 0.251 e. The van der Waals surface area contributed by atoms with Crippen LogP contribution in [0.1, 0.15) is 30.0 Å². The first-order chi connectivity index (χ1) is 12.5. The molecule has 0 bridgehead atoms. The Morgan fingerprint density at radius 1 is 1.23 bits per heavy atom. The number of ether oxygens (including phenoxy) is 1. The zero-order valence-corrected chi connectivity index (χ0v) is 16.0. The van der Waals surface area contributed by atoms with Gasteiger partial charge in [0.1, 0.15) is 5.75 Å². The Balaban J connectivity index is 1.66. The molecule has 0 aliphatic heterocycles. The summed E-state index contributed by atoms with van der Waals surface area (Å²) < 4.78 is 8.09. The Bertz CT molecular complexity index is 893. The monoisotopic (exact) mass is 415 g/mol. The number of tetrazole rings is 1. The van der Waals surface area contributed by atoms with Crippen LogP contribution in [0.4, 0.5) is 0 Å². The van der Waals surface area contributed by atoms with Gasteiger partial charge in [-0.15, -0.1) is 5.10 Å². The smallest absolute Gasteiger partial charge is 0.251 e. The van der Waals surface area contributed by atoms with E-state index in [9.17, 15) is 4.79 Å². The first-order valence-electron chi connectivity index (χ1n) is 8.11. The standard InChI is InChI=1S/C18H18BrN5O2/c1-12(2)26-16-8-6-13(7-9-16)18(25)20-11-17-21-22-23-24(17)15-5-3-4-14(19)10-15/h3-10,12H,11H2,1-2H3,(H,20,25). The predicted octanol–water partition coefficient (Wildman–Crippen LogP) is 3.14. The lowest BCUT2D eigenvalue weighted by molar-refractivity contribution is 0.0949. The maximum absolute atomic E-state index is 12.3. The molecule has 2 aromatic carbocycles. The summed E-state index contributed by atoms with van der Waals surface area (Å²) in [6, 6.07) is 14.6. The summed E-state index contributed by atoms with van der Waals surface area (Å²) in [4.78, 5) is 12.3. The van der Waals surface area contributed by atoms with E-state index < -0.39 is 0 Å². The molecule has 134 valence electrons. The minimum Gasteiger partial charge on any atom is -0.491 e. The number of amides is 1. The number of benzene rings is 2. The highest BCUT2D eigenvalue weighted by Gasteiger charge is 2.11. The number of carbonyl (C=O) groups is 1. The van der Waals surface area contributed by atoms with Crippen molar-refractivity contribution in [3.05, 3.63) is 64.4 Å². The molecular weight excluding hydrogens is 398 g/mol. The van der Waals surface area contributed by atoms with E-state index in [4.69, 9.17) is 4.74 Å². The number of hydrogen-bond donors (Lipinski definition) is 1. The van der Waals surface area contributed by atoms with Crippen LogP contribution in [0, 0.1) is 0 Å². The largest absolute Gasteiger partial charge is 0.491 e. The molecule has 1 amide bonds. The summed E-state index contributed by atoms with van der Waals surface area (Å²) in [5.41, 5.74) is 1.35. The van der Waals surface area contributed by atoms with Crippen molar-refractivity contribution in [2.24, 2.45) is 0 Å². The zero-order chi connectivity index (χ0) is 18.5. The normalized spacial score (nSPS) is 10.8. The average molecular weight is 416 g/mol. The quantitative estimate of drug-likeness (QED) is 0.668. The Morgan fingerprint density at radius 2 is 2.00 bits per heavy atom. The molecule has 3 aromatic rings.